The number of carboxylic acid groups (broad SMARTS) is 1. The van der Waals surface area contributed by atoms with Crippen LogP contribution in [-0.4, -0.2) is 47.8 Å². The molecule has 0 amide bonds. The van der Waals surface area contributed by atoms with E-state index in [4.69, 9.17) is 9.84 Å². The van der Waals surface area contributed by atoms with Crippen molar-refractivity contribution < 1.29 is 14.6 Å². The van der Waals surface area contributed by atoms with Crippen molar-refractivity contribution in [3.8, 4) is 5.75 Å². The number of pyridine rings is 1. The predicted octanol–water partition coefficient (Wildman–Crippen LogP) is 1.49. The number of rotatable bonds is 5. The van der Waals surface area contributed by atoms with Gasteiger partial charge in [-0.25, -0.2) is 4.79 Å². The number of fused-ring (bicyclic) bond motifs is 1. The Morgan fingerprint density at radius 2 is 2.05 bits per heavy atom. The SMILES string of the molecule is Cc1cc(OCCN(C)C)cc2c(=O)c(C(=O)O)cn(C)c12. The highest BCUT2D eigenvalue weighted by Crippen LogP contribution is 2.23. The molecular formula is C16H20N2O4. The molecule has 2 rings (SSSR count). The van der Waals surface area contributed by atoms with E-state index in [1.165, 1.54) is 6.20 Å². The first kappa shape index (κ1) is 16.0. The second kappa shape index (κ2) is 6.19. The van der Waals surface area contributed by atoms with Gasteiger partial charge >= 0.3 is 5.97 Å². The van der Waals surface area contributed by atoms with Crippen molar-refractivity contribution >= 4 is 16.9 Å². The Bertz CT molecular complexity index is 778. The van der Waals surface area contributed by atoms with Crippen molar-refractivity contribution in [3.05, 3.63) is 39.7 Å². The maximum Gasteiger partial charge on any atom is 0.341 e. The first-order valence-electron chi connectivity index (χ1n) is 6.96. The highest BCUT2D eigenvalue weighted by atomic mass is 16.5. The van der Waals surface area contributed by atoms with Gasteiger partial charge in [-0.05, 0) is 38.7 Å². The Hall–Kier alpha value is -2.34. The van der Waals surface area contributed by atoms with Crippen LogP contribution in [0, 0.1) is 6.92 Å². The van der Waals surface area contributed by atoms with E-state index in [2.05, 4.69) is 0 Å². The van der Waals surface area contributed by atoms with Gasteiger partial charge in [0.05, 0.1) is 10.9 Å². The topological polar surface area (TPSA) is 71.8 Å². The summed E-state index contributed by atoms with van der Waals surface area (Å²) in [7, 11) is 5.63. The maximum absolute atomic E-state index is 12.4. The van der Waals surface area contributed by atoms with Crippen LogP contribution in [0.4, 0.5) is 0 Å². The van der Waals surface area contributed by atoms with Crippen LogP contribution in [0.1, 0.15) is 15.9 Å². The summed E-state index contributed by atoms with van der Waals surface area (Å²) < 4.78 is 7.33. The van der Waals surface area contributed by atoms with E-state index >= 15 is 0 Å². The zero-order chi connectivity index (χ0) is 16.4. The van der Waals surface area contributed by atoms with Gasteiger partial charge in [0.1, 0.15) is 17.9 Å². The van der Waals surface area contributed by atoms with Crippen LogP contribution in [0.3, 0.4) is 0 Å². The molecule has 118 valence electrons. The summed E-state index contributed by atoms with van der Waals surface area (Å²) in [5.74, 6) is -0.648. The van der Waals surface area contributed by atoms with Crippen molar-refractivity contribution in [1.82, 2.24) is 9.47 Å². The van der Waals surface area contributed by atoms with E-state index < -0.39 is 11.4 Å². The number of carbonyl (C=O) groups is 1. The number of carboxylic acids is 1. The van der Waals surface area contributed by atoms with E-state index in [1.54, 1.807) is 17.7 Å². The molecule has 1 aromatic carbocycles. The predicted molar refractivity (Wildman–Crippen MR) is 84.9 cm³/mol. The van der Waals surface area contributed by atoms with Gasteiger partial charge in [0.2, 0.25) is 5.43 Å². The molecule has 0 saturated heterocycles. The zero-order valence-electron chi connectivity index (χ0n) is 13.2. The Labute approximate surface area is 128 Å². The standard InChI is InChI=1S/C16H20N2O4/c1-10-7-11(22-6-5-17(2)3)8-12-14(10)18(4)9-13(15(12)19)16(20)21/h7-9H,5-6H2,1-4H3,(H,20,21). The van der Waals surface area contributed by atoms with E-state index in [-0.39, 0.29) is 5.56 Å². The number of aryl methyl sites for hydroxylation is 2. The minimum Gasteiger partial charge on any atom is -0.492 e. The molecule has 0 bridgehead atoms. The third-order valence-corrected chi connectivity index (χ3v) is 3.48. The molecule has 0 aliphatic rings. The molecule has 6 nitrogen and oxygen atoms in total. The summed E-state index contributed by atoms with van der Waals surface area (Å²) >= 11 is 0. The summed E-state index contributed by atoms with van der Waals surface area (Å²) in [5, 5.41) is 9.50. The van der Waals surface area contributed by atoms with Gasteiger partial charge in [0.15, 0.2) is 0 Å². The lowest BCUT2D eigenvalue weighted by Crippen LogP contribution is -2.20. The summed E-state index contributed by atoms with van der Waals surface area (Å²) in [6, 6.07) is 3.48. The molecule has 1 heterocycles. The number of likely N-dealkylation sites (N-methyl/N-ethyl adjacent to an activating group) is 1. The number of ether oxygens (including phenoxy) is 1. The summed E-state index contributed by atoms with van der Waals surface area (Å²) in [6.45, 7) is 3.13. The smallest absolute Gasteiger partial charge is 0.341 e. The molecule has 0 fully saturated rings. The number of nitrogens with zero attached hydrogens (tertiary/aromatic N) is 2. The van der Waals surface area contributed by atoms with Gasteiger partial charge in [-0.2, -0.15) is 0 Å². The minimum atomic E-state index is -1.22. The molecule has 0 saturated carbocycles. The van der Waals surface area contributed by atoms with Crippen molar-refractivity contribution in [2.24, 2.45) is 7.05 Å². The molecule has 0 radical (unpaired) electrons. The average Bonchev–Trinajstić information content (AvgIpc) is 2.41. The van der Waals surface area contributed by atoms with Crippen LogP contribution in [-0.2, 0) is 7.05 Å². The fraction of sp³-hybridized carbons (Fsp3) is 0.375. The molecule has 0 aliphatic carbocycles. The maximum atomic E-state index is 12.4. The number of aromatic carboxylic acids is 1. The highest BCUT2D eigenvalue weighted by molar-refractivity contribution is 5.93. The molecule has 0 aliphatic heterocycles. The summed E-state index contributed by atoms with van der Waals surface area (Å²) in [4.78, 5) is 25.5. The zero-order valence-corrected chi connectivity index (χ0v) is 13.2. The fourth-order valence-electron chi connectivity index (χ4n) is 2.43. The van der Waals surface area contributed by atoms with Crippen LogP contribution < -0.4 is 10.2 Å². The number of hydrogen-bond donors (Lipinski definition) is 1. The molecule has 2 aromatic rings. The first-order valence-corrected chi connectivity index (χ1v) is 6.96. The van der Waals surface area contributed by atoms with E-state index in [1.807, 2.05) is 32.0 Å². The lowest BCUT2D eigenvalue weighted by Gasteiger charge is -2.14. The average molecular weight is 304 g/mol. The number of hydrogen-bond acceptors (Lipinski definition) is 4. The Balaban J connectivity index is 2.54. The van der Waals surface area contributed by atoms with Crippen molar-refractivity contribution in [3.63, 3.8) is 0 Å². The molecular weight excluding hydrogens is 284 g/mol. The number of aromatic nitrogens is 1. The molecule has 1 N–H and O–H groups in total. The Kier molecular flexibility index (Phi) is 4.51. The Morgan fingerprint density at radius 3 is 2.64 bits per heavy atom. The van der Waals surface area contributed by atoms with Gasteiger partial charge in [-0.3, -0.25) is 4.79 Å². The molecule has 22 heavy (non-hydrogen) atoms. The molecule has 6 heteroatoms. The number of benzene rings is 1. The first-order chi connectivity index (χ1) is 10.3. The van der Waals surface area contributed by atoms with Gasteiger partial charge < -0.3 is 19.3 Å². The lowest BCUT2D eigenvalue weighted by molar-refractivity contribution is 0.0695. The fourth-order valence-corrected chi connectivity index (χ4v) is 2.43. The molecule has 1 aromatic heterocycles. The normalized spacial score (nSPS) is 11.1. The van der Waals surface area contributed by atoms with Crippen LogP contribution in [0.15, 0.2) is 23.1 Å². The third kappa shape index (κ3) is 3.12. The largest absolute Gasteiger partial charge is 0.492 e. The third-order valence-electron chi connectivity index (χ3n) is 3.48. The van der Waals surface area contributed by atoms with Gasteiger partial charge in [0.25, 0.3) is 0 Å². The second-order valence-corrected chi connectivity index (χ2v) is 5.58. The van der Waals surface area contributed by atoms with Gasteiger partial charge in [-0.1, -0.05) is 0 Å². The summed E-state index contributed by atoms with van der Waals surface area (Å²) in [6.07, 6.45) is 1.35. The van der Waals surface area contributed by atoms with E-state index in [9.17, 15) is 9.59 Å². The molecule has 0 unspecified atom stereocenters. The van der Waals surface area contributed by atoms with Gasteiger partial charge in [0, 0.05) is 19.8 Å². The quantitative estimate of drug-likeness (QED) is 0.906. The van der Waals surface area contributed by atoms with Gasteiger partial charge in [-0.15, -0.1) is 0 Å². The minimum absolute atomic E-state index is 0.236. The highest BCUT2D eigenvalue weighted by Gasteiger charge is 2.15. The monoisotopic (exact) mass is 304 g/mol. The van der Waals surface area contributed by atoms with Crippen LogP contribution in [0.5, 0.6) is 5.75 Å². The van der Waals surface area contributed by atoms with Crippen molar-refractivity contribution in [1.29, 1.82) is 0 Å². The lowest BCUT2D eigenvalue weighted by atomic mass is 10.1. The van der Waals surface area contributed by atoms with Crippen molar-refractivity contribution in [2.75, 3.05) is 27.2 Å². The van der Waals surface area contributed by atoms with E-state index in [0.29, 0.717) is 17.7 Å². The van der Waals surface area contributed by atoms with Crippen LogP contribution in [0.2, 0.25) is 0 Å². The Morgan fingerprint density at radius 1 is 1.36 bits per heavy atom. The van der Waals surface area contributed by atoms with Crippen LogP contribution in [0.25, 0.3) is 10.9 Å². The van der Waals surface area contributed by atoms with E-state index in [0.717, 1.165) is 17.6 Å². The van der Waals surface area contributed by atoms with Crippen LogP contribution >= 0.6 is 0 Å². The van der Waals surface area contributed by atoms with Crippen molar-refractivity contribution in [2.45, 2.75) is 6.92 Å². The molecule has 0 spiro atoms. The summed E-state index contributed by atoms with van der Waals surface area (Å²) in [5.41, 5.74) is 0.866. The molecule has 0 atom stereocenters. The second-order valence-electron chi connectivity index (χ2n) is 5.58.